The van der Waals surface area contributed by atoms with E-state index in [9.17, 15) is 0 Å². The van der Waals surface area contributed by atoms with E-state index in [2.05, 4.69) is 50.2 Å². The van der Waals surface area contributed by atoms with Gasteiger partial charge in [-0.15, -0.1) is 11.8 Å². The molecule has 0 amide bonds. The molecule has 2 aromatic carbocycles. The first-order valence-electron chi connectivity index (χ1n) is 7.26. The summed E-state index contributed by atoms with van der Waals surface area (Å²) in [5.41, 5.74) is 11.5. The molecule has 110 valence electrons. The van der Waals surface area contributed by atoms with Crippen LogP contribution in [0.2, 0.25) is 0 Å². The number of hydrogen-bond donors (Lipinski definition) is 1. The Hall–Kier alpha value is -1.45. The van der Waals surface area contributed by atoms with Crippen LogP contribution in [0.4, 0.5) is 0 Å². The molecule has 1 aliphatic heterocycles. The Balaban J connectivity index is 1.91. The van der Waals surface area contributed by atoms with E-state index in [1.165, 1.54) is 21.6 Å². The molecule has 0 aliphatic carbocycles. The molecule has 2 unspecified atom stereocenters. The Morgan fingerprint density at radius 1 is 1.19 bits per heavy atom. The summed E-state index contributed by atoms with van der Waals surface area (Å²) in [5, 5.41) is 0.374. The van der Waals surface area contributed by atoms with Crippen LogP contribution >= 0.6 is 11.8 Å². The maximum atomic E-state index is 6.57. The molecule has 3 rings (SSSR count). The van der Waals surface area contributed by atoms with Gasteiger partial charge in [-0.2, -0.15) is 0 Å². The largest absolute Gasteiger partial charge is 0.496 e. The van der Waals surface area contributed by atoms with Crippen LogP contribution in [-0.4, -0.2) is 12.4 Å². The molecule has 0 aromatic heterocycles. The van der Waals surface area contributed by atoms with Gasteiger partial charge >= 0.3 is 0 Å². The lowest BCUT2D eigenvalue weighted by atomic mass is 9.95. The number of fused-ring (bicyclic) bond motifs is 1. The minimum absolute atomic E-state index is 0.0170. The molecular weight excluding hydrogens is 278 g/mol. The van der Waals surface area contributed by atoms with Crippen LogP contribution in [0.15, 0.2) is 41.3 Å². The highest BCUT2D eigenvalue weighted by molar-refractivity contribution is 8.00. The predicted molar refractivity (Wildman–Crippen MR) is 89.2 cm³/mol. The number of benzene rings is 2. The van der Waals surface area contributed by atoms with Crippen LogP contribution in [0.1, 0.15) is 28.3 Å². The second-order valence-electron chi connectivity index (χ2n) is 5.62. The summed E-state index contributed by atoms with van der Waals surface area (Å²) in [4.78, 5) is 1.36. The number of thioether (sulfide) groups is 1. The van der Waals surface area contributed by atoms with Crippen molar-refractivity contribution in [1.29, 1.82) is 0 Å². The number of aryl methyl sites for hydroxylation is 1. The maximum absolute atomic E-state index is 6.57. The van der Waals surface area contributed by atoms with Gasteiger partial charge < -0.3 is 10.5 Å². The van der Waals surface area contributed by atoms with E-state index < -0.39 is 0 Å². The van der Waals surface area contributed by atoms with Gasteiger partial charge in [0.05, 0.1) is 7.11 Å². The second kappa shape index (κ2) is 5.74. The fourth-order valence-corrected chi connectivity index (χ4v) is 4.30. The quantitative estimate of drug-likeness (QED) is 0.929. The average Bonchev–Trinajstić information content (AvgIpc) is 2.93. The summed E-state index contributed by atoms with van der Waals surface area (Å²) >= 11 is 1.89. The number of methoxy groups -OCH3 is 1. The second-order valence-corrected chi connectivity index (χ2v) is 6.90. The van der Waals surface area contributed by atoms with Gasteiger partial charge in [0.15, 0.2) is 0 Å². The Morgan fingerprint density at radius 2 is 1.95 bits per heavy atom. The molecule has 0 saturated heterocycles. The molecule has 0 fully saturated rings. The fourth-order valence-electron chi connectivity index (χ4n) is 2.95. The normalized spacial score (nSPS) is 18.4. The lowest BCUT2D eigenvalue weighted by Crippen LogP contribution is -2.24. The molecule has 0 spiro atoms. The summed E-state index contributed by atoms with van der Waals surface area (Å²) in [6, 6.07) is 12.8. The van der Waals surface area contributed by atoms with Crippen molar-refractivity contribution in [3.63, 3.8) is 0 Å². The molecule has 1 aliphatic rings. The Morgan fingerprint density at radius 3 is 2.67 bits per heavy atom. The zero-order valence-electron chi connectivity index (χ0n) is 12.7. The first-order valence-corrected chi connectivity index (χ1v) is 8.14. The van der Waals surface area contributed by atoms with E-state index in [-0.39, 0.29) is 6.04 Å². The highest BCUT2D eigenvalue weighted by atomic mass is 32.2. The van der Waals surface area contributed by atoms with E-state index in [1.54, 1.807) is 7.11 Å². The molecule has 21 heavy (non-hydrogen) atoms. The van der Waals surface area contributed by atoms with Crippen molar-refractivity contribution in [2.75, 3.05) is 7.11 Å². The van der Waals surface area contributed by atoms with Crippen LogP contribution in [0.25, 0.3) is 0 Å². The summed E-state index contributed by atoms with van der Waals surface area (Å²) in [6.07, 6.45) is 1.03. The summed E-state index contributed by atoms with van der Waals surface area (Å²) in [5.74, 6) is 0.944. The molecule has 1 heterocycles. The Bertz CT molecular complexity index is 643. The summed E-state index contributed by atoms with van der Waals surface area (Å²) in [7, 11) is 1.73. The highest BCUT2D eigenvalue weighted by Gasteiger charge is 2.30. The van der Waals surface area contributed by atoms with Gasteiger partial charge in [0, 0.05) is 21.8 Å². The Kier molecular flexibility index (Phi) is 3.96. The third-order valence-electron chi connectivity index (χ3n) is 4.34. The smallest absolute Gasteiger partial charge is 0.126 e. The molecule has 2 N–H and O–H groups in total. The molecule has 2 atom stereocenters. The van der Waals surface area contributed by atoms with Gasteiger partial charge in [-0.3, -0.25) is 0 Å². The minimum atomic E-state index is -0.0170. The highest BCUT2D eigenvalue weighted by Crippen LogP contribution is 2.43. The van der Waals surface area contributed by atoms with Crippen molar-refractivity contribution in [3.8, 4) is 5.75 Å². The predicted octanol–water partition coefficient (Wildman–Crippen LogP) is 4.03. The van der Waals surface area contributed by atoms with Crippen molar-refractivity contribution >= 4 is 11.8 Å². The first kappa shape index (κ1) is 14.5. The lowest BCUT2D eigenvalue weighted by Gasteiger charge is -2.22. The molecule has 2 aromatic rings. The van der Waals surface area contributed by atoms with E-state index in [0.29, 0.717) is 5.25 Å². The van der Waals surface area contributed by atoms with Crippen molar-refractivity contribution in [2.24, 2.45) is 5.73 Å². The molecule has 0 radical (unpaired) electrons. The van der Waals surface area contributed by atoms with Gasteiger partial charge in [0.1, 0.15) is 5.75 Å². The Labute approximate surface area is 130 Å². The van der Waals surface area contributed by atoms with Gasteiger partial charge in [0.2, 0.25) is 0 Å². The van der Waals surface area contributed by atoms with Crippen molar-refractivity contribution in [2.45, 2.75) is 36.5 Å². The lowest BCUT2D eigenvalue weighted by molar-refractivity contribution is 0.401. The van der Waals surface area contributed by atoms with Gasteiger partial charge in [-0.05, 0) is 43.0 Å². The molecule has 0 saturated carbocycles. The summed E-state index contributed by atoms with van der Waals surface area (Å²) in [6.45, 7) is 4.20. The van der Waals surface area contributed by atoms with E-state index >= 15 is 0 Å². The topological polar surface area (TPSA) is 35.2 Å². The average molecular weight is 299 g/mol. The molecule has 2 nitrogen and oxygen atoms in total. The van der Waals surface area contributed by atoms with Crippen LogP contribution in [-0.2, 0) is 6.42 Å². The maximum Gasteiger partial charge on any atom is 0.126 e. The zero-order valence-corrected chi connectivity index (χ0v) is 13.5. The fraction of sp³-hybridized carbons (Fsp3) is 0.333. The van der Waals surface area contributed by atoms with Crippen molar-refractivity contribution in [3.05, 3.63) is 58.7 Å². The van der Waals surface area contributed by atoms with Crippen LogP contribution < -0.4 is 10.5 Å². The van der Waals surface area contributed by atoms with Crippen LogP contribution in [0.5, 0.6) is 5.75 Å². The third-order valence-corrected chi connectivity index (χ3v) is 5.76. The zero-order chi connectivity index (χ0) is 15.0. The number of hydrogen-bond acceptors (Lipinski definition) is 3. The van der Waals surface area contributed by atoms with Crippen molar-refractivity contribution < 1.29 is 4.74 Å². The molecule has 3 heteroatoms. The van der Waals surface area contributed by atoms with Crippen LogP contribution in [0.3, 0.4) is 0 Å². The standard InChI is InChI=1S/C18H21NOS/c1-11-8-9-14(18(20-3)12(11)2)17(19)16-10-13-6-4-5-7-15(13)21-16/h4-9,16-17H,10,19H2,1-3H3. The summed E-state index contributed by atoms with van der Waals surface area (Å²) < 4.78 is 5.63. The number of rotatable bonds is 3. The first-order chi connectivity index (χ1) is 10.1. The van der Waals surface area contributed by atoms with Crippen molar-refractivity contribution in [1.82, 2.24) is 0 Å². The molecule has 0 bridgehead atoms. The van der Waals surface area contributed by atoms with E-state index in [4.69, 9.17) is 10.5 Å². The monoisotopic (exact) mass is 299 g/mol. The number of nitrogens with two attached hydrogens (primary N) is 1. The SMILES string of the molecule is COc1c(C(N)C2Cc3ccccc3S2)ccc(C)c1C. The number of ether oxygens (including phenoxy) is 1. The van der Waals surface area contributed by atoms with E-state index in [0.717, 1.165) is 17.7 Å². The van der Waals surface area contributed by atoms with Gasteiger partial charge in [-0.1, -0.05) is 30.3 Å². The van der Waals surface area contributed by atoms with E-state index in [1.807, 2.05) is 11.8 Å². The third kappa shape index (κ3) is 2.56. The van der Waals surface area contributed by atoms with Gasteiger partial charge in [0.25, 0.3) is 0 Å². The van der Waals surface area contributed by atoms with Gasteiger partial charge in [-0.25, -0.2) is 0 Å². The minimum Gasteiger partial charge on any atom is -0.496 e. The molecular formula is C18H21NOS. The van der Waals surface area contributed by atoms with Crippen LogP contribution in [0, 0.1) is 13.8 Å².